The number of hydrogen-bond donors (Lipinski definition) is 1. The van der Waals surface area contributed by atoms with Crippen LogP contribution in [0.3, 0.4) is 0 Å². The molecular weight excluding hydrogens is 545 g/mol. The minimum atomic E-state index is -4.11. The van der Waals surface area contributed by atoms with Crippen molar-refractivity contribution in [2.75, 3.05) is 10.8 Å². The summed E-state index contributed by atoms with van der Waals surface area (Å²) in [6.07, 6.45) is 0. The summed E-state index contributed by atoms with van der Waals surface area (Å²) in [6.45, 7) is 6.44. The second-order valence-electron chi connectivity index (χ2n) is 9.80. The number of nitrogens with one attached hydrogen (secondary N) is 1. The lowest BCUT2D eigenvalue weighted by molar-refractivity contribution is -0.140. The number of hydrogen-bond acceptors (Lipinski definition) is 4. The second kappa shape index (κ2) is 12.2. The molecule has 0 heterocycles. The summed E-state index contributed by atoms with van der Waals surface area (Å²) >= 11 is 12.8. The third kappa shape index (κ3) is 7.28. The molecule has 1 N–H and O–H groups in total. The molecule has 10 heteroatoms. The first-order chi connectivity index (χ1) is 17.8. The Morgan fingerprint density at radius 3 is 1.92 bits per heavy atom. The molecular formula is C28H31Cl2N3O4S. The standard InChI is InChI=1S/C28H31Cl2N3O4S/c1-20(27(35)31-28(2,3)4)32(18-23-24(29)16-11-17-25(23)30)26(34)19-33(21-12-7-5-8-13-21)38(36,37)22-14-9-6-10-15-22/h5-17,20H,18-19H2,1-4H3,(H,31,35). The fourth-order valence-corrected chi connectivity index (χ4v) is 5.71. The Morgan fingerprint density at radius 2 is 1.39 bits per heavy atom. The third-order valence-electron chi connectivity index (χ3n) is 5.71. The van der Waals surface area contributed by atoms with Crippen molar-refractivity contribution in [1.82, 2.24) is 10.2 Å². The van der Waals surface area contributed by atoms with Crippen LogP contribution in [0, 0.1) is 0 Å². The molecule has 0 spiro atoms. The van der Waals surface area contributed by atoms with Gasteiger partial charge in [0.25, 0.3) is 10.0 Å². The van der Waals surface area contributed by atoms with Crippen LogP contribution in [0.2, 0.25) is 10.0 Å². The molecule has 7 nitrogen and oxygen atoms in total. The van der Waals surface area contributed by atoms with Gasteiger partial charge in [0.2, 0.25) is 11.8 Å². The van der Waals surface area contributed by atoms with Gasteiger partial charge in [-0.05, 0) is 64.1 Å². The maximum Gasteiger partial charge on any atom is 0.264 e. The number of benzene rings is 3. The fourth-order valence-electron chi connectivity index (χ4n) is 3.75. The van der Waals surface area contributed by atoms with Crippen LogP contribution in [0.5, 0.6) is 0 Å². The summed E-state index contributed by atoms with van der Waals surface area (Å²) in [7, 11) is -4.11. The van der Waals surface area contributed by atoms with Gasteiger partial charge in [-0.3, -0.25) is 13.9 Å². The van der Waals surface area contributed by atoms with Gasteiger partial charge < -0.3 is 10.2 Å². The van der Waals surface area contributed by atoms with Crippen molar-refractivity contribution in [3.05, 3.63) is 94.5 Å². The average molecular weight is 577 g/mol. The number of rotatable bonds is 9. The maximum absolute atomic E-state index is 13.9. The predicted molar refractivity (Wildman–Crippen MR) is 152 cm³/mol. The second-order valence-corrected chi connectivity index (χ2v) is 12.5. The van der Waals surface area contributed by atoms with E-state index in [1.165, 1.54) is 17.0 Å². The Kier molecular flexibility index (Phi) is 9.46. The van der Waals surface area contributed by atoms with Gasteiger partial charge in [0, 0.05) is 27.7 Å². The van der Waals surface area contributed by atoms with Crippen molar-refractivity contribution in [3.8, 4) is 0 Å². The zero-order chi connectivity index (χ0) is 28.1. The highest BCUT2D eigenvalue weighted by Crippen LogP contribution is 2.28. The van der Waals surface area contributed by atoms with Crippen molar-refractivity contribution in [2.24, 2.45) is 0 Å². The van der Waals surface area contributed by atoms with Crippen molar-refractivity contribution in [3.63, 3.8) is 0 Å². The Hall–Kier alpha value is -3.07. The predicted octanol–water partition coefficient (Wildman–Crippen LogP) is 5.52. The van der Waals surface area contributed by atoms with Crippen LogP contribution in [0.25, 0.3) is 0 Å². The zero-order valence-electron chi connectivity index (χ0n) is 21.7. The highest BCUT2D eigenvalue weighted by atomic mass is 35.5. The van der Waals surface area contributed by atoms with E-state index in [1.54, 1.807) is 73.7 Å². The molecule has 0 saturated carbocycles. The summed E-state index contributed by atoms with van der Waals surface area (Å²) < 4.78 is 28.4. The molecule has 38 heavy (non-hydrogen) atoms. The van der Waals surface area contributed by atoms with Crippen LogP contribution in [0.1, 0.15) is 33.3 Å². The monoisotopic (exact) mass is 575 g/mol. The third-order valence-corrected chi connectivity index (χ3v) is 8.21. The lowest BCUT2D eigenvalue weighted by Gasteiger charge is -2.33. The molecule has 0 aliphatic heterocycles. The van der Waals surface area contributed by atoms with E-state index >= 15 is 0 Å². The minimum absolute atomic E-state index is 0.0378. The van der Waals surface area contributed by atoms with Crippen LogP contribution in [0.4, 0.5) is 5.69 Å². The first kappa shape index (κ1) is 29.5. The Morgan fingerprint density at radius 1 is 0.868 bits per heavy atom. The van der Waals surface area contributed by atoms with Crippen molar-refractivity contribution >= 4 is 50.7 Å². The van der Waals surface area contributed by atoms with Crippen LogP contribution in [0.15, 0.2) is 83.8 Å². The topological polar surface area (TPSA) is 86.8 Å². The van der Waals surface area contributed by atoms with Gasteiger partial charge in [-0.15, -0.1) is 0 Å². The van der Waals surface area contributed by atoms with Crippen molar-refractivity contribution in [2.45, 2.75) is 50.7 Å². The largest absolute Gasteiger partial charge is 0.350 e. The Balaban J connectivity index is 2.04. The number of nitrogens with zero attached hydrogens (tertiary/aromatic N) is 2. The molecule has 202 valence electrons. The first-order valence-corrected chi connectivity index (χ1v) is 14.2. The first-order valence-electron chi connectivity index (χ1n) is 12.0. The van der Waals surface area contributed by atoms with Crippen LogP contribution in [-0.2, 0) is 26.2 Å². The molecule has 0 radical (unpaired) electrons. The van der Waals surface area contributed by atoms with E-state index < -0.39 is 40.0 Å². The van der Waals surface area contributed by atoms with Gasteiger partial charge in [-0.2, -0.15) is 0 Å². The molecule has 0 saturated heterocycles. The highest BCUT2D eigenvalue weighted by molar-refractivity contribution is 7.92. The normalized spacial score (nSPS) is 12.5. The van der Waals surface area contributed by atoms with E-state index in [0.717, 1.165) is 4.31 Å². The fraction of sp³-hybridized carbons (Fsp3) is 0.286. The molecule has 0 fully saturated rings. The number of anilines is 1. The highest BCUT2D eigenvalue weighted by Gasteiger charge is 2.33. The summed E-state index contributed by atoms with van der Waals surface area (Å²) in [5, 5.41) is 3.54. The van der Waals surface area contributed by atoms with Gasteiger partial charge in [0.05, 0.1) is 10.6 Å². The molecule has 0 aliphatic rings. The summed E-state index contributed by atoms with van der Waals surface area (Å²) in [5.74, 6) is -0.993. The quantitative estimate of drug-likeness (QED) is 0.364. The van der Waals surface area contributed by atoms with Gasteiger partial charge in [0.1, 0.15) is 12.6 Å². The summed E-state index contributed by atoms with van der Waals surface area (Å²) in [6, 6.07) is 20.2. The number of para-hydroxylation sites is 1. The SMILES string of the molecule is CC(C(=O)NC(C)(C)C)N(Cc1c(Cl)cccc1Cl)C(=O)CN(c1ccccc1)S(=O)(=O)c1ccccc1. The summed E-state index contributed by atoms with van der Waals surface area (Å²) in [5.41, 5.74) is 0.221. The van der Waals surface area contributed by atoms with E-state index in [4.69, 9.17) is 23.2 Å². The van der Waals surface area contributed by atoms with Crippen LogP contribution >= 0.6 is 23.2 Å². The molecule has 3 rings (SSSR count). The molecule has 0 aliphatic carbocycles. The molecule has 3 aromatic carbocycles. The van der Waals surface area contributed by atoms with Gasteiger partial charge >= 0.3 is 0 Å². The molecule has 0 bridgehead atoms. The van der Waals surface area contributed by atoms with Gasteiger partial charge in [0.15, 0.2) is 0 Å². The van der Waals surface area contributed by atoms with E-state index in [-0.39, 0.29) is 11.4 Å². The number of carbonyl (C=O) groups excluding carboxylic acids is 2. The van der Waals surface area contributed by atoms with Gasteiger partial charge in [-0.25, -0.2) is 8.42 Å². The smallest absolute Gasteiger partial charge is 0.264 e. The van der Waals surface area contributed by atoms with E-state index in [2.05, 4.69) is 5.32 Å². The molecule has 2 amide bonds. The Labute approximate surface area is 234 Å². The molecule has 0 aromatic heterocycles. The number of sulfonamides is 1. The van der Waals surface area contributed by atoms with Gasteiger partial charge in [-0.1, -0.05) is 65.7 Å². The van der Waals surface area contributed by atoms with Crippen LogP contribution < -0.4 is 9.62 Å². The molecule has 3 aromatic rings. The molecule has 1 unspecified atom stereocenters. The summed E-state index contributed by atoms with van der Waals surface area (Å²) in [4.78, 5) is 28.4. The number of amides is 2. The van der Waals surface area contributed by atoms with E-state index in [1.807, 2.05) is 20.8 Å². The number of halogens is 2. The molecule has 1 atom stereocenters. The van der Waals surface area contributed by atoms with Crippen molar-refractivity contribution < 1.29 is 18.0 Å². The lowest BCUT2D eigenvalue weighted by atomic mass is 10.1. The Bertz CT molecular complexity index is 1360. The van der Waals surface area contributed by atoms with Crippen LogP contribution in [-0.4, -0.2) is 43.3 Å². The average Bonchev–Trinajstić information content (AvgIpc) is 2.86. The van der Waals surface area contributed by atoms with E-state index in [9.17, 15) is 18.0 Å². The van der Waals surface area contributed by atoms with E-state index in [0.29, 0.717) is 21.3 Å². The lowest BCUT2D eigenvalue weighted by Crippen LogP contribution is -2.54. The maximum atomic E-state index is 13.9. The minimum Gasteiger partial charge on any atom is -0.350 e. The number of carbonyl (C=O) groups is 2. The zero-order valence-corrected chi connectivity index (χ0v) is 24.0. The van der Waals surface area contributed by atoms with Crippen molar-refractivity contribution in [1.29, 1.82) is 0 Å².